The van der Waals surface area contributed by atoms with Crippen molar-refractivity contribution < 1.29 is 9.90 Å². The SMILES string of the molecule is CSc1ccccc1NC(=O)CN(C)CCO. The number of benzene rings is 1. The molecular formula is C12H18N2O2S. The highest BCUT2D eigenvalue weighted by Gasteiger charge is 2.08. The number of hydrogen-bond acceptors (Lipinski definition) is 4. The quantitative estimate of drug-likeness (QED) is 0.751. The molecule has 0 aliphatic heterocycles. The molecule has 0 aliphatic carbocycles. The summed E-state index contributed by atoms with van der Waals surface area (Å²) in [7, 11) is 1.80. The number of carbonyl (C=O) groups excluding carboxylic acids is 1. The molecule has 4 nitrogen and oxygen atoms in total. The lowest BCUT2D eigenvalue weighted by Crippen LogP contribution is -2.32. The highest BCUT2D eigenvalue weighted by molar-refractivity contribution is 7.98. The molecule has 0 bridgehead atoms. The van der Waals surface area contributed by atoms with Crippen molar-refractivity contribution in [2.75, 3.05) is 38.3 Å². The molecule has 0 unspecified atom stereocenters. The van der Waals surface area contributed by atoms with Gasteiger partial charge in [0.25, 0.3) is 0 Å². The van der Waals surface area contributed by atoms with Crippen LogP contribution in [0, 0.1) is 0 Å². The predicted octanol–water partition coefficient (Wildman–Crippen LogP) is 1.27. The van der Waals surface area contributed by atoms with Gasteiger partial charge in [0.1, 0.15) is 0 Å². The van der Waals surface area contributed by atoms with Crippen molar-refractivity contribution in [3.8, 4) is 0 Å². The topological polar surface area (TPSA) is 52.6 Å². The van der Waals surface area contributed by atoms with Crippen LogP contribution in [-0.2, 0) is 4.79 Å². The van der Waals surface area contributed by atoms with Crippen LogP contribution in [0.1, 0.15) is 0 Å². The summed E-state index contributed by atoms with van der Waals surface area (Å²) in [6.45, 7) is 0.839. The Balaban J connectivity index is 2.55. The summed E-state index contributed by atoms with van der Waals surface area (Å²) in [6.07, 6.45) is 1.98. The third kappa shape index (κ3) is 4.77. The van der Waals surface area contributed by atoms with Crippen molar-refractivity contribution in [2.24, 2.45) is 0 Å². The van der Waals surface area contributed by atoms with Gasteiger partial charge in [0.2, 0.25) is 5.91 Å². The average Bonchev–Trinajstić information content (AvgIpc) is 2.29. The van der Waals surface area contributed by atoms with Crippen LogP contribution in [0.5, 0.6) is 0 Å². The van der Waals surface area contributed by atoms with Crippen molar-refractivity contribution in [2.45, 2.75) is 4.90 Å². The molecule has 0 heterocycles. The first-order chi connectivity index (χ1) is 8.17. The Morgan fingerprint density at radius 2 is 2.18 bits per heavy atom. The number of para-hydroxylation sites is 1. The fourth-order valence-electron chi connectivity index (χ4n) is 1.43. The van der Waals surface area contributed by atoms with E-state index >= 15 is 0 Å². The van der Waals surface area contributed by atoms with E-state index in [-0.39, 0.29) is 19.1 Å². The fourth-order valence-corrected chi connectivity index (χ4v) is 1.99. The van der Waals surface area contributed by atoms with E-state index in [4.69, 9.17) is 5.11 Å². The molecule has 2 N–H and O–H groups in total. The van der Waals surface area contributed by atoms with Crippen LogP contribution in [0.15, 0.2) is 29.2 Å². The molecule has 0 aliphatic rings. The van der Waals surface area contributed by atoms with Crippen molar-refractivity contribution in [1.82, 2.24) is 4.90 Å². The molecule has 1 aromatic carbocycles. The highest BCUT2D eigenvalue weighted by Crippen LogP contribution is 2.24. The van der Waals surface area contributed by atoms with Gasteiger partial charge >= 0.3 is 0 Å². The van der Waals surface area contributed by atoms with Gasteiger partial charge in [0, 0.05) is 11.4 Å². The molecule has 17 heavy (non-hydrogen) atoms. The van der Waals surface area contributed by atoms with Crippen molar-refractivity contribution in [1.29, 1.82) is 0 Å². The zero-order chi connectivity index (χ0) is 12.7. The summed E-state index contributed by atoms with van der Waals surface area (Å²) in [5.41, 5.74) is 0.836. The Morgan fingerprint density at radius 1 is 1.47 bits per heavy atom. The number of aliphatic hydroxyl groups is 1. The standard InChI is InChI=1S/C12H18N2O2S/c1-14(7-8-15)9-12(16)13-10-5-3-4-6-11(10)17-2/h3-6,15H,7-9H2,1-2H3,(H,13,16). The summed E-state index contributed by atoms with van der Waals surface area (Å²) in [4.78, 5) is 14.5. The number of likely N-dealkylation sites (N-methyl/N-ethyl adjacent to an activating group) is 1. The first-order valence-corrected chi connectivity index (χ1v) is 6.62. The van der Waals surface area contributed by atoms with Gasteiger partial charge in [-0.1, -0.05) is 12.1 Å². The Bertz CT molecular complexity index is 371. The van der Waals surface area contributed by atoms with Crippen LogP contribution in [-0.4, -0.2) is 48.9 Å². The lowest BCUT2D eigenvalue weighted by Gasteiger charge is -2.15. The maximum Gasteiger partial charge on any atom is 0.238 e. The lowest BCUT2D eigenvalue weighted by molar-refractivity contribution is -0.117. The van der Waals surface area contributed by atoms with E-state index in [2.05, 4.69) is 5.32 Å². The molecule has 1 aromatic rings. The number of anilines is 1. The molecule has 0 saturated carbocycles. The highest BCUT2D eigenvalue weighted by atomic mass is 32.2. The number of hydrogen-bond donors (Lipinski definition) is 2. The third-order valence-corrected chi connectivity index (χ3v) is 3.07. The second-order valence-corrected chi connectivity index (χ2v) is 4.56. The van der Waals surface area contributed by atoms with Crippen LogP contribution in [0.2, 0.25) is 0 Å². The maximum absolute atomic E-state index is 11.7. The van der Waals surface area contributed by atoms with E-state index in [0.717, 1.165) is 10.6 Å². The van der Waals surface area contributed by atoms with Gasteiger partial charge < -0.3 is 10.4 Å². The van der Waals surface area contributed by atoms with Crippen LogP contribution in [0.3, 0.4) is 0 Å². The van der Waals surface area contributed by atoms with E-state index < -0.39 is 0 Å². The summed E-state index contributed by atoms with van der Waals surface area (Å²) in [5.74, 6) is -0.0672. The van der Waals surface area contributed by atoms with E-state index in [9.17, 15) is 4.79 Å². The molecule has 1 rings (SSSR count). The van der Waals surface area contributed by atoms with Crippen LogP contribution < -0.4 is 5.32 Å². The molecule has 94 valence electrons. The zero-order valence-electron chi connectivity index (χ0n) is 10.1. The number of carbonyl (C=O) groups is 1. The van der Waals surface area contributed by atoms with Crippen LogP contribution >= 0.6 is 11.8 Å². The number of nitrogens with zero attached hydrogens (tertiary/aromatic N) is 1. The summed E-state index contributed by atoms with van der Waals surface area (Å²) in [5, 5.41) is 11.6. The Labute approximate surface area is 106 Å². The van der Waals surface area contributed by atoms with Gasteiger partial charge in [-0.05, 0) is 25.4 Å². The van der Waals surface area contributed by atoms with E-state index in [1.807, 2.05) is 30.5 Å². The predicted molar refractivity (Wildman–Crippen MR) is 71.4 cm³/mol. The Morgan fingerprint density at radius 3 is 2.82 bits per heavy atom. The monoisotopic (exact) mass is 254 g/mol. The minimum Gasteiger partial charge on any atom is -0.395 e. The minimum absolute atomic E-state index is 0.0607. The molecule has 0 aromatic heterocycles. The number of nitrogens with one attached hydrogen (secondary N) is 1. The first kappa shape index (κ1) is 14.0. The zero-order valence-corrected chi connectivity index (χ0v) is 11.0. The van der Waals surface area contributed by atoms with Gasteiger partial charge in [0.15, 0.2) is 0 Å². The van der Waals surface area contributed by atoms with E-state index in [0.29, 0.717) is 6.54 Å². The van der Waals surface area contributed by atoms with Gasteiger partial charge in [-0.15, -0.1) is 11.8 Å². The number of aliphatic hydroxyl groups excluding tert-OH is 1. The first-order valence-electron chi connectivity index (χ1n) is 5.39. The van der Waals surface area contributed by atoms with Crippen LogP contribution in [0.25, 0.3) is 0 Å². The van der Waals surface area contributed by atoms with Gasteiger partial charge in [-0.3, -0.25) is 9.69 Å². The number of amides is 1. The second-order valence-electron chi connectivity index (χ2n) is 3.71. The van der Waals surface area contributed by atoms with Crippen molar-refractivity contribution in [3.63, 3.8) is 0 Å². The molecule has 0 spiro atoms. The average molecular weight is 254 g/mol. The molecule has 0 atom stereocenters. The molecule has 0 saturated heterocycles. The van der Waals surface area contributed by atoms with E-state index in [1.165, 1.54) is 0 Å². The molecule has 0 radical (unpaired) electrons. The summed E-state index contributed by atoms with van der Waals surface area (Å²) >= 11 is 1.60. The van der Waals surface area contributed by atoms with Crippen molar-refractivity contribution in [3.05, 3.63) is 24.3 Å². The normalized spacial score (nSPS) is 10.6. The minimum atomic E-state index is -0.0672. The van der Waals surface area contributed by atoms with Gasteiger partial charge in [-0.25, -0.2) is 0 Å². The molecular weight excluding hydrogens is 236 g/mol. The number of thioether (sulfide) groups is 1. The van der Waals surface area contributed by atoms with Gasteiger partial charge in [-0.2, -0.15) is 0 Å². The van der Waals surface area contributed by atoms with Crippen molar-refractivity contribution >= 4 is 23.4 Å². The summed E-state index contributed by atoms with van der Waals surface area (Å²) in [6, 6.07) is 7.69. The van der Waals surface area contributed by atoms with E-state index in [1.54, 1.807) is 23.7 Å². The second kappa shape index (κ2) is 7.32. The fraction of sp³-hybridized carbons (Fsp3) is 0.417. The lowest BCUT2D eigenvalue weighted by atomic mass is 10.3. The smallest absolute Gasteiger partial charge is 0.238 e. The molecule has 0 fully saturated rings. The van der Waals surface area contributed by atoms with Gasteiger partial charge in [0.05, 0.1) is 18.8 Å². The molecule has 5 heteroatoms. The largest absolute Gasteiger partial charge is 0.395 e. The third-order valence-electron chi connectivity index (χ3n) is 2.28. The van der Waals surface area contributed by atoms with Crippen LogP contribution in [0.4, 0.5) is 5.69 Å². The Kier molecular flexibility index (Phi) is 6.04. The molecule has 1 amide bonds. The maximum atomic E-state index is 11.7. The Hall–Kier alpha value is -1.04. The summed E-state index contributed by atoms with van der Waals surface area (Å²) < 4.78 is 0. The number of rotatable bonds is 6.